The molecule has 1 aliphatic heterocycles. The van der Waals surface area contributed by atoms with E-state index in [0.717, 1.165) is 4.90 Å². The second-order valence-electron chi connectivity index (χ2n) is 6.09. The van der Waals surface area contributed by atoms with E-state index in [2.05, 4.69) is 15.4 Å². The molecule has 1 aliphatic rings. The van der Waals surface area contributed by atoms with Crippen LogP contribution in [0.5, 0.6) is 5.75 Å². The van der Waals surface area contributed by atoms with Gasteiger partial charge < -0.3 is 15.4 Å². The van der Waals surface area contributed by atoms with E-state index in [1.54, 1.807) is 42.1 Å². The molecule has 148 valence electrons. The number of carbonyl (C=O) groups is 2. The van der Waals surface area contributed by atoms with E-state index in [0.29, 0.717) is 29.0 Å². The van der Waals surface area contributed by atoms with Crippen molar-refractivity contribution >= 4 is 29.3 Å². The Balaban J connectivity index is 1.57. The molecule has 0 aliphatic carbocycles. The van der Waals surface area contributed by atoms with Gasteiger partial charge in [-0.25, -0.2) is 0 Å². The number of anilines is 1. The van der Waals surface area contributed by atoms with Crippen LogP contribution in [0, 0.1) is 0 Å². The molecule has 0 aromatic heterocycles. The monoisotopic (exact) mass is 410 g/mol. The molecule has 0 unspecified atom stereocenters. The zero-order valence-corrected chi connectivity index (χ0v) is 15.5. The van der Waals surface area contributed by atoms with Crippen molar-refractivity contribution in [2.24, 2.45) is 0 Å². The van der Waals surface area contributed by atoms with Crippen LogP contribution in [0.15, 0.2) is 47.4 Å². The van der Waals surface area contributed by atoms with Crippen LogP contribution in [-0.4, -0.2) is 30.4 Å². The zero-order valence-electron chi connectivity index (χ0n) is 14.6. The Labute approximate surface area is 163 Å². The van der Waals surface area contributed by atoms with Gasteiger partial charge in [0, 0.05) is 29.2 Å². The van der Waals surface area contributed by atoms with Gasteiger partial charge in [0.15, 0.2) is 6.61 Å². The van der Waals surface area contributed by atoms with Gasteiger partial charge in [-0.15, -0.1) is 11.8 Å². The summed E-state index contributed by atoms with van der Waals surface area (Å²) in [6, 6.07) is 11.1. The van der Waals surface area contributed by atoms with E-state index in [1.165, 1.54) is 12.1 Å². The van der Waals surface area contributed by atoms with Gasteiger partial charge in [-0.05, 0) is 35.9 Å². The van der Waals surface area contributed by atoms with Gasteiger partial charge in [0.1, 0.15) is 5.75 Å². The van der Waals surface area contributed by atoms with Crippen molar-refractivity contribution in [3.63, 3.8) is 0 Å². The molecule has 3 rings (SSSR count). The molecule has 0 bridgehead atoms. The molecular formula is C19H17F3N2O3S. The van der Waals surface area contributed by atoms with Crippen molar-refractivity contribution in [2.45, 2.75) is 24.0 Å². The average molecular weight is 410 g/mol. The number of benzene rings is 2. The van der Waals surface area contributed by atoms with Crippen LogP contribution in [0.4, 0.5) is 18.9 Å². The lowest BCUT2D eigenvalue weighted by molar-refractivity contribution is -0.153. The number of nitrogens with one attached hydrogen (secondary N) is 2. The number of fused-ring (bicyclic) bond motifs is 1. The number of alkyl halides is 3. The smallest absolute Gasteiger partial charge is 0.422 e. The topological polar surface area (TPSA) is 67.4 Å². The first-order valence-corrected chi connectivity index (χ1v) is 9.42. The van der Waals surface area contributed by atoms with Crippen LogP contribution in [-0.2, 0) is 11.3 Å². The van der Waals surface area contributed by atoms with E-state index in [-0.39, 0.29) is 24.1 Å². The third kappa shape index (κ3) is 5.66. The quantitative estimate of drug-likeness (QED) is 0.782. The first kappa shape index (κ1) is 20.1. The molecule has 2 aromatic carbocycles. The number of hydrogen-bond donors (Lipinski definition) is 2. The van der Waals surface area contributed by atoms with Crippen molar-refractivity contribution < 1.29 is 27.5 Å². The highest BCUT2D eigenvalue weighted by Crippen LogP contribution is 2.31. The first-order valence-electron chi connectivity index (χ1n) is 8.43. The minimum atomic E-state index is -4.39. The van der Waals surface area contributed by atoms with Crippen LogP contribution in [0.1, 0.15) is 22.3 Å². The summed E-state index contributed by atoms with van der Waals surface area (Å²) in [6.45, 7) is -1.15. The number of halogens is 3. The molecular weight excluding hydrogens is 393 g/mol. The molecule has 0 fully saturated rings. The number of amides is 2. The molecule has 9 heteroatoms. The van der Waals surface area contributed by atoms with Crippen molar-refractivity contribution in [1.29, 1.82) is 0 Å². The van der Waals surface area contributed by atoms with Crippen molar-refractivity contribution in [2.75, 3.05) is 17.7 Å². The second kappa shape index (κ2) is 8.55. The van der Waals surface area contributed by atoms with E-state index in [4.69, 9.17) is 0 Å². The SMILES string of the molecule is O=C1CCSc2ccc(C(=O)NCc3ccc(OCC(F)(F)F)cc3)cc2N1. The summed E-state index contributed by atoms with van der Waals surface area (Å²) in [5, 5.41) is 5.53. The molecule has 2 N–H and O–H groups in total. The normalized spacial score (nSPS) is 13.9. The lowest BCUT2D eigenvalue weighted by atomic mass is 10.1. The van der Waals surface area contributed by atoms with Crippen molar-refractivity contribution in [3.05, 3.63) is 53.6 Å². The van der Waals surface area contributed by atoms with Gasteiger partial charge in [0.05, 0.1) is 5.69 Å². The Kier molecular flexibility index (Phi) is 6.13. The predicted molar refractivity (Wildman–Crippen MR) is 99.6 cm³/mol. The van der Waals surface area contributed by atoms with Crippen LogP contribution >= 0.6 is 11.8 Å². The third-order valence-corrected chi connectivity index (χ3v) is 4.96. The van der Waals surface area contributed by atoms with E-state index in [1.807, 2.05) is 0 Å². The summed E-state index contributed by atoms with van der Waals surface area (Å²) in [7, 11) is 0. The first-order chi connectivity index (χ1) is 13.3. The van der Waals surface area contributed by atoms with Crippen molar-refractivity contribution in [1.82, 2.24) is 5.32 Å². The molecule has 1 heterocycles. The summed E-state index contributed by atoms with van der Waals surface area (Å²) >= 11 is 1.55. The van der Waals surface area contributed by atoms with Crippen LogP contribution < -0.4 is 15.4 Å². The minimum Gasteiger partial charge on any atom is -0.484 e. The maximum Gasteiger partial charge on any atom is 0.422 e. The summed E-state index contributed by atoms with van der Waals surface area (Å²) < 4.78 is 41.1. The maximum absolute atomic E-state index is 12.4. The highest BCUT2D eigenvalue weighted by atomic mass is 32.2. The number of ether oxygens (including phenoxy) is 1. The second-order valence-corrected chi connectivity index (χ2v) is 7.22. The zero-order chi connectivity index (χ0) is 20.1. The molecule has 0 saturated heterocycles. The third-order valence-electron chi connectivity index (χ3n) is 3.88. The maximum atomic E-state index is 12.4. The largest absolute Gasteiger partial charge is 0.484 e. The Morgan fingerprint density at radius 1 is 1.18 bits per heavy atom. The fraction of sp³-hybridized carbons (Fsp3) is 0.263. The predicted octanol–water partition coefficient (Wildman–Crippen LogP) is 3.99. The molecule has 2 amide bonds. The summed E-state index contributed by atoms with van der Waals surface area (Å²) in [5.74, 6) is 0.388. The number of carbonyl (C=O) groups excluding carboxylic acids is 2. The van der Waals surface area contributed by atoms with Crippen LogP contribution in [0.3, 0.4) is 0 Å². The van der Waals surface area contributed by atoms with Crippen molar-refractivity contribution in [3.8, 4) is 5.75 Å². The molecule has 2 aromatic rings. The average Bonchev–Trinajstić information content (AvgIpc) is 2.84. The lowest BCUT2D eigenvalue weighted by Gasteiger charge is -2.11. The summed E-state index contributed by atoms with van der Waals surface area (Å²) in [6.07, 6.45) is -3.97. The van der Waals surface area contributed by atoms with Gasteiger partial charge in [0.25, 0.3) is 5.91 Å². The minimum absolute atomic E-state index is 0.0864. The van der Waals surface area contributed by atoms with Gasteiger partial charge in [-0.3, -0.25) is 9.59 Å². The fourth-order valence-electron chi connectivity index (χ4n) is 2.51. The Bertz CT molecular complexity index is 870. The van der Waals surface area contributed by atoms with Gasteiger partial charge in [-0.1, -0.05) is 12.1 Å². The number of hydrogen-bond acceptors (Lipinski definition) is 4. The Morgan fingerprint density at radius 3 is 2.64 bits per heavy atom. The molecule has 0 saturated carbocycles. The Hall–Kier alpha value is -2.68. The number of rotatable bonds is 5. The number of thioether (sulfide) groups is 1. The highest BCUT2D eigenvalue weighted by molar-refractivity contribution is 7.99. The Morgan fingerprint density at radius 2 is 1.93 bits per heavy atom. The van der Waals surface area contributed by atoms with Crippen LogP contribution in [0.2, 0.25) is 0 Å². The summed E-state index contributed by atoms with van der Waals surface area (Å²) in [4.78, 5) is 25.0. The molecule has 0 spiro atoms. The molecule has 0 atom stereocenters. The molecule has 0 radical (unpaired) electrons. The molecule has 5 nitrogen and oxygen atoms in total. The van der Waals surface area contributed by atoms with E-state index < -0.39 is 12.8 Å². The van der Waals surface area contributed by atoms with Gasteiger partial charge in [0.2, 0.25) is 5.91 Å². The van der Waals surface area contributed by atoms with Gasteiger partial charge in [-0.2, -0.15) is 13.2 Å². The summed E-state index contributed by atoms with van der Waals surface area (Å²) in [5.41, 5.74) is 1.74. The molecule has 28 heavy (non-hydrogen) atoms. The van der Waals surface area contributed by atoms with Crippen LogP contribution in [0.25, 0.3) is 0 Å². The standard InChI is InChI=1S/C19H17F3N2O3S/c20-19(21,22)11-27-14-4-1-12(2-5-14)10-23-18(26)13-3-6-16-15(9-13)24-17(25)7-8-28-16/h1-6,9H,7-8,10-11H2,(H,23,26)(H,24,25). The lowest BCUT2D eigenvalue weighted by Crippen LogP contribution is -2.23. The van der Waals surface area contributed by atoms with E-state index >= 15 is 0 Å². The van der Waals surface area contributed by atoms with Gasteiger partial charge >= 0.3 is 6.18 Å². The van der Waals surface area contributed by atoms with E-state index in [9.17, 15) is 22.8 Å². The highest BCUT2D eigenvalue weighted by Gasteiger charge is 2.28. The fourth-order valence-corrected chi connectivity index (χ4v) is 3.45.